The van der Waals surface area contributed by atoms with Crippen LogP contribution in [0.3, 0.4) is 0 Å². The Kier molecular flexibility index (Phi) is 3.98. The SMILES string of the molecule is CC1(C)CCc2ccccc2C1NCCC1=CCCC1. The van der Waals surface area contributed by atoms with Gasteiger partial charge in [-0.2, -0.15) is 0 Å². The Morgan fingerprint density at radius 3 is 2.85 bits per heavy atom. The van der Waals surface area contributed by atoms with Gasteiger partial charge in [0.1, 0.15) is 0 Å². The van der Waals surface area contributed by atoms with E-state index >= 15 is 0 Å². The molecule has 3 rings (SSSR count). The van der Waals surface area contributed by atoms with Gasteiger partial charge in [0.05, 0.1) is 0 Å². The summed E-state index contributed by atoms with van der Waals surface area (Å²) in [4.78, 5) is 0. The van der Waals surface area contributed by atoms with E-state index in [1.807, 2.05) is 0 Å². The molecule has 0 saturated heterocycles. The normalized spacial score (nSPS) is 24.3. The largest absolute Gasteiger partial charge is 0.309 e. The van der Waals surface area contributed by atoms with Crippen molar-refractivity contribution in [2.24, 2.45) is 5.41 Å². The van der Waals surface area contributed by atoms with Crippen LogP contribution in [0.25, 0.3) is 0 Å². The van der Waals surface area contributed by atoms with Crippen molar-refractivity contribution in [3.8, 4) is 0 Å². The summed E-state index contributed by atoms with van der Waals surface area (Å²) in [5, 5.41) is 3.85. The number of nitrogens with one attached hydrogen (secondary N) is 1. The van der Waals surface area contributed by atoms with E-state index in [0.717, 1.165) is 6.54 Å². The zero-order valence-electron chi connectivity index (χ0n) is 12.9. The van der Waals surface area contributed by atoms with E-state index < -0.39 is 0 Å². The maximum atomic E-state index is 3.85. The van der Waals surface area contributed by atoms with Crippen LogP contribution in [0.4, 0.5) is 0 Å². The summed E-state index contributed by atoms with van der Waals surface area (Å²) in [5.41, 5.74) is 5.10. The predicted molar refractivity (Wildman–Crippen MR) is 85.8 cm³/mol. The zero-order chi connectivity index (χ0) is 14.0. The average molecular weight is 269 g/mol. The van der Waals surface area contributed by atoms with Crippen molar-refractivity contribution in [2.75, 3.05) is 6.54 Å². The molecular formula is C19H27N. The average Bonchev–Trinajstić information content (AvgIpc) is 2.94. The molecule has 1 aromatic rings. The Labute approximate surface area is 123 Å². The van der Waals surface area contributed by atoms with Crippen LogP contribution in [-0.2, 0) is 6.42 Å². The van der Waals surface area contributed by atoms with Crippen molar-refractivity contribution in [2.45, 2.75) is 58.4 Å². The van der Waals surface area contributed by atoms with E-state index in [0.29, 0.717) is 11.5 Å². The molecule has 0 radical (unpaired) electrons. The van der Waals surface area contributed by atoms with Gasteiger partial charge in [0, 0.05) is 6.04 Å². The van der Waals surface area contributed by atoms with Crippen LogP contribution in [-0.4, -0.2) is 6.54 Å². The molecule has 0 bridgehead atoms. The summed E-state index contributed by atoms with van der Waals surface area (Å²) in [7, 11) is 0. The summed E-state index contributed by atoms with van der Waals surface area (Å²) >= 11 is 0. The van der Waals surface area contributed by atoms with Crippen molar-refractivity contribution in [3.05, 3.63) is 47.0 Å². The molecule has 0 heterocycles. The molecule has 0 saturated carbocycles. The lowest BCUT2D eigenvalue weighted by atomic mass is 9.70. The van der Waals surface area contributed by atoms with Gasteiger partial charge in [-0.1, -0.05) is 49.8 Å². The van der Waals surface area contributed by atoms with Gasteiger partial charge >= 0.3 is 0 Å². The topological polar surface area (TPSA) is 12.0 Å². The van der Waals surface area contributed by atoms with Gasteiger partial charge < -0.3 is 5.32 Å². The van der Waals surface area contributed by atoms with Crippen molar-refractivity contribution < 1.29 is 0 Å². The van der Waals surface area contributed by atoms with Crippen LogP contribution in [0.2, 0.25) is 0 Å². The van der Waals surface area contributed by atoms with Crippen molar-refractivity contribution in [1.82, 2.24) is 5.32 Å². The van der Waals surface area contributed by atoms with Gasteiger partial charge in [-0.05, 0) is 61.6 Å². The molecule has 1 atom stereocenters. The van der Waals surface area contributed by atoms with Crippen molar-refractivity contribution in [3.63, 3.8) is 0 Å². The lowest BCUT2D eigenvalue weighted by Crippen LogP contribution is -2.38. The Hall–Kier alpha value is -1.08. The maximum Gasteiger partial charge on any atom is 0.0374 e. The van der Waals surface area contributed by atoms with Crippen molar-refractivity contribution >= 4 is 0 Å². The Bertz CT molecular complexity index is 498. The number of rotatable bonds is 4. The fourth-order valence-electron chi connectivity index (χ4n) is 3.79. The fourth-order valence-corrected chi connectivity index (χ4v) is 3.79. The summed E-state index contributed by atoms with van der Waals surface area (Å²) in [5.74, 6) is 0. The van der Waals surface area contributed by atoms with E-state index in [1.165, 1.54) is 44.1 Å². The standard InChI is InChI=1S/C19H27N/c1-19(2)13-11-16-9-5-6-10-17(16)18(19)20-14-12-15-7-3-4-8-15/h5-7,9-10,18,20H,3-4,8,11-14H2,1-2H3. The van der Waals surface area contributed by atoms with E-state index in [9.17, 15) is 0 Å². The highest BCUT2D eigenvalue weighted by atomic mass is 14.9. The zero-order valence-corrected chi connectivity index (χ0v) is 12.9. The number of aryl methyl sites for hydroxylation is 1. The molecule has 0 fully saturated rings. The molecule has 2 aliphatic rings. The number of hydrogen-bond donors (Lipinski definition) is 1. The second-order valence-corrected chi connectivity index (χ2v) is 7.08. The highest BCUT2D eigenvalue weighted by molar-refractivity contribution is 5.34. The van der Waals surface area contributed by atoms with Gasteiger partial charge in [-0.3, -0.25) is 0 Å². The van der Waals surface area contributed by atoms with Crippen LogP contribution in [0.1, 0.15) is 63.1 Å². The van der Waals surface area contributed by atoms with E-state index in [2.05, 4.69) is 49.5 Å². The summed E-state index contributed by atoms with van der Waals surface area (Å²) in [6.45, 7) is 5.94. The van der Waals surface area contributed by atoms with Gasteiger partial charge in [0.25, 0.3) is 0 Å². The second-order valence-electron chi connectivity index (χ2n) is 7.08. The Morgan fingerprint density at radius 1 is 1.20 bits per heavy atom. The van der Waals surface area contributed by atoms with Crippen LogP contribution in [0.5, 0.6) is 0 Å². The summed E-state index contributed by atoms with van der Waals surface area (Å²) in [6.07, 6.45) is 10.2. The first-order chi connectivity index (χ1) is 9.67. The van der Waals surface area contributed by atoms with E-state index in [4.69, 9.17) is 0 Å². The molecule has 0 spiro atoms. The first-order valence-corrected chi connectivity index (χ1v) is 8.16. The third-order valence-electron chi connectivity index (χ3n) is 5.12. The van der Waals surface area contributed by atoms with E-state index in [1.54, 1.807) is 11.1 Å². The van der Waals surface area contributed by atoms with Gasteiger partial charge in [0.15, 0.2) is 0 Å². The van der Waals surface area contributed by atoms with Crippen LogP contribution >= 0.6 is 0 Å². The molecule has 2 aliphatic carbocycles. The molecular weight excluding hydrogens is 242 g/mol. The fraction of sp³-hybridized carbons (Fsp3) is 0.579. The first kappa shape index (κ1) is 13.9. The minimum atomic E-state index is 0.360. The maximum absolute atomic E-state index is 3.85. The first-order valence-electron chi connectivity index (χ1n) is 8.16. The third kappa shape index (κ3) is 2.83. The Morgan fingerprint density at radius 2 is 2.05 bits per heavy atom. The van der Waals surface area contributed by atoms with Crippen molar-refractivity contribution in [1.29, 1.82) is 0 Å². The third-order valence-corrected chi connectivity index (χ3v) is 5.12. The van der Waals surface area contributed by atoms with Gasteiger partial charge in [-0.15, -0.1) is 0 Å². The molecule has 1 heteroatoms. The molecule has 1 N–H and O–H groups in total. The van der Waals surface area contributed by atoms with Crippen LogP contribution in [0.15, 0.2) is 35.9 Å². The number of benzene rings is 1. The molecule has 108 valence electrons. The smallest absolute Gasteiger partial charge is 0.0374 e. The number of fused-ring (bicyclic) bond motifs is 1. The summed E-state index contributed by atoms with van der Waals surface area (Å²) in [6, 6.07) is 9.50. The molecule has 1 unspecified atom stereocenters. The number of hydrogen-bond acceptors (Lipinski definition) is 1. The quantitative estimate of drug-likeness (QED) is 0.775. The molecule has 1 aromatic carbocycles. The minimum absolute atomic E-state index is 0.360. The molecule has 0 aromatic heterocycles. The lowest BCUT2D eigenvalue weighted by molar-refractivity contribution is 0.210. The molecule has 1 nitrogen and oxygen atoms in total. The molecule has 20 heavy (non-hydrogen) atoms. The van der Waals surface area contributed by atoms with E-state index in [-0.39, 0.29) is 0 Å². The van der Waals surface area contributed by atoms with Gasteiger partial charge in [-0.25, -0.2) is 0 Å². The Balaban J connectivity index is 1.69. The van der Waals surface area contributed by atoms with Crippen LogP contribution in [0, 0.1) is 5.41 Å². The molecule has 0 amide bonds. The lowest BCUT2D eigenvalue weighted by Gasteiger charge is -2.41. The summed E-state index contributed by atoms with van der Waals surface area (Å²) < 4.78 is 0. The minimum Gasteiger partial charge on any atom is -0.309 e. The highest BCUT2D eigenvalue weighted by Crippen LogP contribution is 2.43. The van der Waals surface area contributed by atoms with Gasteiger partial charge in [0.2, 0.25) is 0 Å². The molecule has 0 aliphatic heterocycles. The predicted octanol–water partition coefficient (Wildman–Crippen LogP) is 4.79. The second kappa shape index (κ2) is 5.73. The highest BCUT2D eigenvalue weighted by Gasteiger charge is 2.35. The monoisotopic (exact) mass is 269 g/mol. The van der Waals surface area contributed by atoms with Crippen LogP contribution < -0.4 is 5.32 Å². The number of allylic oxidation sites excluding steroid dienone is 1.